The number of rotatable bonds is 9. The maximum atomic E-state index is 13.7. The number of aryl methyl sites for hydroxylation is 1. The molecule has 3 aromatic rings. The summed E-state index contributed by atoms with van der Waals surface area (Å²) in [5.74, 6) is 1.71. The van der Waals surface area contributed by atoms with Crippen molar-refractivity contribution in [3.05, 3.63) is 51.1 Å². The third-order valence-corrected chi connectivity index (χ3v) is 8.22. The molecule has 0 fully saturated rings. The van der Waals surface area contributed by atoms with Gasteiger partial charge in [-0.2, -0.15) is 0 Å². The zero-order valence-electron chi connectivity index (χ0n) is 18.2. The second kappa shape index (κ2) is 10.1. The van der Waals surface area contributed by atoms with E-state index in [1.807, 2.05) is 34.9 Å². The quantitative estimate of drug-likeness (QED) is 0.204. The van der Waals surface area contributed by atoms with Crippen LogP contribution in [0.3, 0.4) is 0 Å². The maximum Gasteiger partial charge on any atom is 0.267 e. The van der Waals surface area contributed by atoms with Crippen molar-refractivity contribution in [2.75, 3.05) is 5.75 Å². The fraction of sp³-hybridized carbons (Fsp3) is 0.520. The Morgan fingerprint density at radius 1 is 1.13 bits per heavy atom. The van der Waals surface area contributed by atoms with E-state index in [-0.39, 0.29) is 5.56 Å². The number of thioether (sulfide) groups is 1. The molecular formula is C25H32N2OS2. The molecule has 0 spiro atoms. The van der Waals surface area contributed by atoms with Gasteiger partial charge in [0, 0.05) is 10.6 Å². The predicted molar refractivity (Wildman–Crippen MR) is 131 cm³/mol. The van der Waals surface area contributed by atoms with Crippen LogP contribution in [0, 0.1) is 5.92 Å². The second-order valence-electron chi connectivity index (χ2n) is 8.52. The standard InChI is InChI=1S/C25H32N2OS2/c1-3-4-5-6-7-11-16-29-25-26-23-22(20-15-14-18(2)17-21(20)30-23)24(28)27(25)19-12-9-8-10-13-19/h8-10,12-13,18H,3-7,11,14-17H2,1-2H3. The lowest BCUT2D eigenvalue weighted by Gasteiger charge is -2.17. The second-order valence-corrected chi connectivity index (χ2v) is 10.7. The van der Waals surface area contributed by atoms with Crippen LogP contribution in [0.5, 0.6) is 0 Å². The van der Waals surface area contributed by atoms with E-state index in [0.717, 1.165) is 46.1 Å². The van der Waals surface area contributed by atoms with Crippen LogP contribution in [0.1, 0.15) is 69.2 Å². The Bertz CT molecular complexity index is 1040. The topological polar surface area (TPSA) is 34.9 Å². The highest BCUT2D eigenvalue weighted by molar-refractivity contribution is 7.99. The number of aromatic nitrogens is 2. The van der Waals surface area contributed by atoms with Crippen LogP contribution >= 0.6 is 23.1 Å². The van der Waals surface area contributed by atoms with Crippen LogP contribution in [0.4, 0.5) is 0 Å². The molecule has 2 aromatic heterocycles. The summed E-state index contributed by atoms with van der Waals surface area (Å²) in [5, 5.41) is 1.72. The minimum absolute atomic E-state index is 0.115. The van der Waals surface area contributed by atoms with Gasteiger partial charge in [0.05, 0.1) is 11.1 Å². The van der Waals surface area contributed by atoms with Crippen molar-refractivity contribution >= 4 is 33.3 Å². The normalized spacial score (nSPS) is 16.1. The average Bonchev–Trinajstić information content (AvgIpc) is 3.11. The minimum Gasteiger partial charge on any atom is -0.268 e. The van der Waals surface area contributed by atoms with Gasteiger partial charge in [0.15, 0.2) is 5.16 Å². The number of unbranched alkanes of at least 4 members (excludes halogenated alkanes) is 5. The van der Waals surface area contributed by atoms with E-state index in [2.05, 4.69) is 13.8 Å². The van der Waals surface area contributed by atoms with E-state index >= 15 is 0 Å². The van der Waals surface area contributed by atoms with Crippen LogP contribution in [0.2, 0.25) is 0 Å². The van der Waals surface area contributed by atoms with E-state index in [0.29, 0.717) is 5.92 Å². The van der Waals surface area contributed by atoms with Crippen LogP contribution in [0.15, 0.2) is 40.3 Å². The fourth-order valence-electron chi connectivity index (χ4n) is 4.32. The molecule has 0 radical (unpaired) electrons. The molecule has 0 bridgehead atoms. The monoisotopic (exact) mass is 440 g/mol. The smallest absolute Gasteiger partial charge is 0.267 e. The largest absolute Gasteiger partial charge is 0.268 e. The van der Waals surface area contributed by atoms with E-state index < -0.39 is 0 Å². The summed E-state index contributed by atoms with van der Waals surface area (Å²) in [4.78, 5) is 21.0. The molecule has 0 N–H and O–H groups in total. The zero-order valence-corrected chi connectivity index (χ0v) is 19.8. The lowest BCUT2D eigenvalue weighted by molar-refractivity contribution is 0.509. The number of para-hydroxylation sites is 1. The summed E-state index contributed by atoms with van der Waals surface area (Å²) in [7, 11) is 0. The summed E-state index contributed by atoms with van der Waals surface area (Å²) in [6.45, 7) is 4.56. The van der Waals surface area contributed by atoms with Gasteiger partial charge in [-0.05, 0) is 49.3 Å². The highest BCUT2D eigenvalue weighted by Gasteiger charge is 2.25. The van der Waals surface area contributed by atoms with Gasteiger partial charge >= 0.3 is 0 Å². The van der Waals surface area contributed by atoms with Crippen molar-refractivity contribution in [3.63, 3.8) is 0 Å². The van der Waals surface area contributed by atoms with Gasteiger partial charge in [-0.25, -0.2) is 4.98 Å². The van der Waals surface area contributed by atoms with E-state index in [1.54, 1.807) is 23.1 Å². The molecule has 30 heavy (non-hydrogen) atoms. The Hall–Kier alpha value is -1.59. The number of hydrogen-bond donors (Lipinski definition) is 0. The fourth-order valence-corrected chi connectivity index (χ4v) is 6.75. The van der Waals surface area contributed by atoms with Gasteiger partial charge in [0.25, 0.3) is 5.56 Å². The number of thiophene rings is 1. The first kappa shape index (κ1) is 21.6. The highest BCUT2D eigenvalue weighted by Crippen LogP contribution is 2.37. The summed E-state index contributed by atoms with van der Waals surface area (Å²) in [5.41, 5.74) is 2.30. The predicted octanol–water partition coefficient (Wildman–Crippen LogP) is 7.02. The molecule has 1 aliphatic carbocycles. The number of fused-ring (bicyclic) bond motifs is 3. The maximum absolute atomic E-state index is 13.7. The highest BCUT2D eigenvalue weighted by atomic mass is 32.2. The zero-order chi connectivity index (χ0) is 20.9. The Balaban J connectivity index is 1.65. The van der Waals surface area contributed by atoms with Crippen molar-refractivity contribution < 1.29 is 0 Å². The average molecular weight is 441 g/mol. The van der Waals surface area contributed by atoms with Crippen LogP contribution < -0.4 is 5.56 Å². The Morgan fingerprint density at radius 3 is 2.70 bits per heavy atom. The third-order valence-electron chi connectivity index (χ3n) is 6.04. The van der Waals surface area contributed by atoms with Gasteiger partial charge in [0.2, 0.25) is 0 Å². The van der Waals surface area contributed by atoms with Gasteiger partial charge in [-0.15, -0.1) is 11.3 Å². The number of nitrogens with zero attached hydrogens (tertiary/aromatic N) is 2. The van der Waals surface area contributed by atoms with Gasteiger partial charge < -0.3 is 0 Å². The van der Waals surface area contributed by atoms with Crippen LogP contribution in [-0.2, 0) is 12.8 Å². The van der Waals surface area contributed by atoms with E-state index in [9.17, 15) is 4.79 Å². The van der Waals surface area contributed by atoms with Crippen molar-refractivity contribution in [2.24, 2.45) is 5.92 Å². The van der Waals surface area contributed by atoms with Gasteiger partial charge in [0.1, 0.15) is 4.83 Å². The van der Waals surface area contributed by atoms with Gasteiger partial charge in [-0.1, -0.05) is 75.9 Å². The minimum atomic E-state index is 0.115. The number of hydrogen-bond acceptors (Lipinski definition) is 4. The molecule has 3 nitrogen and oxygen atoms in total. The molecule has 4 rings (SSSR count). The molecule has 1 aliphatic rings. The Labute approximate surface area is 187 Å². The Kier molecular flexibility index (Phi) is 7.32. The third kappa shape index (κ3) is 4.67. The molecular weight excluding hydrogens is 408 g/mol. The molecule has 5 heteroatoms. The molecule has 1 aromatic carbocycles. The Morgan fingerprint density at radius 2 is 1.90 bits per heavy atom. The molecule has 0 saturated heterocycles. The van der Waals surface area contributed by atoms with Crippen molar-refractivity contribution in [2.45, 2.75) is 76.8 Å². The van der Waals surface area contributed by atoms with Crippen molar-refractivity contribution in [1.29, 1.82) is 0 Å². The number of benzene rings is 1. The van der Waals surface area contributed by atoms with E-state index in [1.165, 1.54) is 49.0 Å². The molecule has 0 saturated carbocycles. The summed E-state index contributed by atoms with van der Waals surface area (Å²) in [6.07, 6.45) is 10.9. The first-order chi connectivity index (χ1) is 14.7. The van der Waals surface area contributed by atoms with Crippen molar-refractivity contribution in [1.82, 2.24) is 9.55 Å². The summed E-state index contributed by atoms with van der Waals surface area (Å²) in [6, 6.07) is 10.0. The first-order valence-corrected chi connectivity index (χ1v) is 13.2. The summed E-state index contributed by atoms with van der Waals surface area (Å²) < 4.78 is 1.86. The molecule has 0 amide bonds. The van der Waals surface area contributed by atoms with Gasteiger partial charge in [-0.3, -0.25) is 9.36 Å². The summed E-state index contributed by atoms with van der Waals surface area (Å²) >= 11 is 3.49. The molecule has 1 unspecified atom stereocenters. The molecule has 2 heterocycles. The SMILES string of the molecule is CCCCCCCCSc1nc2sc3c(c2c(=O)n1-c1ccccc1)CCC(C)C3. The lowest BCUT2D eigenvalue weighted by Crippen LogP contribution is -2.22. The molecule has 160 valence electrons. The molecule has 1 atom stereocenters. The lowest BCUT2D eigenvalue weighted by atomic mass is 9.89. The molecule has 0 aliphatic heterocycles. The first-order valence-electron chi connectivity index (χ1n) is 11.4. The van der Waals surface area contributed by atoms with E-state index in [4.69, 9.17) is 4.98 Å². The van der Waals surface area contributed by atoms with Crippen LogP contribution in [0.25, 0.3) is 15.9 Å². The van der Waals surface area contributed by atoms with Crippen LogP contribution in [-0.4, -0.2) is 15.3 Å². The van der Waals surface area contributed by atoms with Crippen molar-refractivity contribution in [3.8, 4) is 5.69 Å².